The number of sulfonamides is 1. The number of halogens is 1. The van der Waals surface area contributed by atoms with Gasteiger partial charge in [-0.3, -0.25) is 4.72 Å². The smallest absolute Gasteiger partial charge is 0.262 e. The number of anilines is 2. The SMILES string of the molecule is CNc1cc(S(=O)(=O)Nc2cc(Br)ccc2OC)ccn1. The normalized spacial score (nSPS) is 11.0. The standard InChI is InChI=1S/C13H14BrN3O3S/c1-15-13-8-10(5-6-16-13)21(18,19)17-11-7-9(14)3-4-12(11)20-2/h3-8,17H,1-2H3,(H,15,16). The molecular formula is C13H14BrN3O3S. The fraction of sp³-hybridized carbons (Fsp3) is 0.154. The molecule has 0 unspecified atom stereocenters. The van der Waals surface area contributed by atoms with Gasteiger partial charge in [-0.2, -0.15) is 0 Å². The molecule has 0 radical (unpaired) electrons. The quantitative estimate of drug-likeness (QED) is 0.844. The van der Waals surface area contributed by atoms with Gasteiger partial charge in [-0.25, -0.2) is 13.4 Å². The Labute approximate surface area is 131 Å². The summed E-state index contributed by atoms with van der Waals surface area (Å²) in [5.74, 6) is 0.906. The van der Waals surface area contributed by atoms with Gasteiger partial charge in [0.25, 0.3) is 10.0 Å². The predicted molar refractivity (Wildman–Crippen MR) is 85.3 cm³/mol. The van der Waals surface area contributed by atoms with Gasteiger partial charge in [-0.1, -0.05) is 15.9 Å². The van der Waals surface area contributed by atoms with Gasteiger partial charge in [-0.05, 0) is 24.3 Å². The van der Waals surface area contributed by atoms with Gasteiger partial charge in [0.05, 0.1) is 17.7 Å². The van der Waals surface area contributed by atoms with Gasteiger partial charge in [0.2, 0.25) is 0 Å². The van der Waals surface area contributed by atoms with Crippen molar-refractivity contribution in [2.24, 2.45) is 0 Å². The molecule has 0 aliphatic carbocycles. The lowest BCUT2D eigenvalue weighted by atomic mass is 10.3. The minimum atomic E-state index is -3.73. The molecule has 6 nitrogen and oxygen atoms in total. The molecular weight excluding hydrogens is 358 g/mol. The number of pyridine rings is 1. The monoisotopic (exact) mass is 371 g/mol. The van der Waals surface area contributed by atoms with Crippen LogP contribution in [0.3, 0.4) is 0 Å². The fourth-order valence-electron chi connectivity index (χ4n) is 1.68. The fourth-order valence-corrected chi connectivity index (χ4v) is 3.11. The molecule has 2 N–H and O–H groups in total. The lowest BCUT2D eigenvalue weighted by molar-refractivity contribution is 0.417. The number of ether oxygens (including phenoxy) is 1. The van der Waals surface area contributed by atoms with Crippen molar-refractivity contribution in [3.63, 3.8) is 0 Å². The van der Waals surface area contributed by atoms with Crippen molar-refractivity contribution >= 4 is 37.5 Å². The molecule has 0 saturated heterocycles. The summed E-state index contributed by atoms with van der Waals surface area (Å²) in [6, 6.07) is 7.95. The molecule has 0 atom stereocenters. The molecule has 112 valence electrons. The number of hydrogen-bond acceptors (Lipinski definition) is 5. The van der Waals surface area contributed by atoms with Gasteiger partial charge in [0.15, 0.2) is 0 Å². The second kappa shape index (κ2) is 6.31. The number of nitrogens with zero attached hydrogens (tertiary/aromatic N) is 1. The van der Waals surface area contributed by atoms with Crippen LogP contribution in [0.25, 0.3) is 0 Å². The van der Waals surface area contributed by atoms with Crippen molar-refractivity contribution in [2.45, 2.75) is 4.90 Å². The summed E-state index contributed by atoms with van der Waals surface area (Å²) < 4.78 is 33.2. The molecule has 0 bridgehead atoms. The van der Waals surface area contributed by atoms with Gasteiger partial charge in [-0.15, -0.1) is 0 Å². The van der Waals surface area contributed by atoms with Crippen molar-refractivity contribution in [3.8, 4) is 5.75 Å². The van der Waals surface area contributed by atoms with Crippen molar-refractivity contribution in [1.82, 2.24) is 4.98 Å². The zero-order valence-corrected chi connectivity index (χ0v) is 13.8. The molecule has 2 rings (SSSR count). The van der Waals surface area contributed by atoms with Crippen LogP contribution in [-0.4, -0.2) is 27.6 Å². The molecule has 0 spiro atoms. The van der Waals surface area contributed by atoms with Crippen LogP contribution in [0.4, 0.5) is 11.5 Å². The van der Waals surface area contributed by atoms with Crippen LogP contribution in [0.5, 0.6) is 5.75 Å². The van der Waals surface area contributed by atoms with Gasteiger partial charge in [0, 0.05) is 23.8 Å². The molecule has 2 aromatic rings. The van der Waals surface area contributed by atoms with Gasteiger partial charge < -0.3 is 10.1 Å². The molecule has 0 amide bonds. The lowest BCUT2D eigenvalue weighted by Gasteiger charge is -2.12. The third-order valence-electron chi connectivity index (χ3n) is 2.70. The Bertz CT molecular complexity index is 750. The van der Waals surface area contributed by atoms with Crippen LogP contribution in [-0.2, 0) is 10.0 Å². The van der Waals surface area contributed by atoms with Crippen LogP contribution < -0.4 is 14.8 Å². The Balaban J connectivity index is 2.39. The molecule has 1 heterocycles. The zero-order valence-electron chi connectivity index (χ0n) is 11.4. The number of hydrogen-bond donors (Lipinski definition) is 2. The maximum absolute atomic E-state index is 12.4. The molecule has 8 heteroatoms. The predicted octanol–water partition coefficient (Wildman–Crippen LogP) is 2.70. The largest absolute Gasteiger partial charge is 0.495 e. The molecule has 0 fully saturated rings. The Morgan fingerprint density at radius 3 is 2.67 bits per heavy atom. The van der Waals surface area contributed by atoms with E-state index in [9.17, 15) is 8.42 Å². The number of rotatable bonds is 5. The van der Waals surface area contributed by atoms with E-state index in [4.69, 9.17) is 4.74 Å². The van der Waals surface area contributed by atoms with Crippen molar-refractivity contribution in [1.29, 1.82) is 0 Å². The van der Waals surface area contributed by atoms with Crippen LogP contribution in [0.1, 0.15) is 0 Å². The lowest BCUT2D eigenvalue weighted by Crippen LogP contribution is -2.14. The van der Waals surface area contributed by atoms with E-state index >= 15 is 0 Å². The Hall–Kier alpha value is -1.80. The number of aromatic nitrogens is 1. The summed E-state index contributed by atoms with van der Waals surface area (Å²) in [5.41, 5.74) is 0.356. The van der Waals surface area contributed by atoms with E-state index < -0.39 is 10.0 Å². The zero-order chi connectivity index (χ0) is 15.5. The number of nitrogens with one attached hydrogen (secondary N) is 2. The average Bonchev–Trinajstić information content (AvgIpc) is 2.47. The molecule has 0 aliphatic rings. The van der Waals surface area contributed by atoms with E-state index in [0.717, 1.165) is 4.47 Å². The number of methoxy groups -OCH3 is 1. The minimum absolute atomic E-state index is 0.115. The first-order valence-corrected chi connectivity index (χ1v) is 8.24. The van der Waals surface area contributed by atoms with Crippen molar-refractivity contribution < 1.29 is 13.2 Å². The van der Waals surface area contributed by atoms with Gasteiger partial charge in [0.1, 0.15) is 11.6 Å². The number of benzene rings is 1. The molecule has 21 heavy (non-hydrogen) atoms. The maximum atomic E-state index is 12.4. The van der Waals surface area contributed by atoms with Crippen LogP contribution in [0.15, 0.2) is 45.9 Å². The summed E-state index contributed by atoms with van der Waals surface area (Å²) in [4.78, 5) is 4.11. The van der Waals surface area contributed by atoms with E-state index in [1.807, 2.05) is 0 Å². The second-order valence-corrected chi connectivity index (χ2v) is 6.67. The maximum Gasteiger partial charge on any atom is 0.262 e. The summed E-state index contributed by atoms with van der Waals surface area (Å²) in [6.07, 6.45) is 1.43. The summed E-state index contributed by atoms with van der Waals surface area (Å²) >= 11 is 3.30. The highest BCUT2D eigenvalue weighted by atomic mass is 79.9. The van der Waals surface area contributed by atoms with E-state index in [2.05, 4.69) is 31.0 Å². The Morgan fingerprint density at radius 2 is 2.00 bits per heavy atom. The van der Waals surface area contributed by atoms with E-state index in [1.54, 1.807) is 25.2 Å². The van der Waals surface area contributed by atoms with Crippen molar-refractivity contribution in [2.75, 3.05) is 24.2 Å². The van der Waals surface area contributed by atoms with E-state index in [-0.39, 0.29) is 4.90 Å². The summed E-state index contributed by atoms with van der Waals surface area (Å²) in [7, 11) is -0.577. The molecule has 1 aromatic carbocycles. The van der Waals surface area contributed by atoms with Crippen LogP contribution in [0, 0.1) is 0 Å². The summed E-state index contributed by atoms with van der Waals surface area (Å²) in [6.45, 7) is 0. The Kier molecular flexibility index (Phi) is 4.69. The van der Waals surface area contributed by atoms with E-state index in [0.29, 0.717) is 17.3 Å². The molecule has 0 saturated carbocycles. The van der Waals surface area contributed by atoms with Crippen molar-refractivity contribution in [3.05, 3.63) is 41.0 Å². The third-order valence-corrected chi connectivity index (χ3v) is 4.56. The molecule has 1 aromatic heterocycles. The highest BCUT2D eigenvalue weighted by molar-refractivity contribution is 9.10. The average molecular weight is 372 g/mol. The molecule has 0 aliphatic heterocycles. The van der Waals surface area contributed by atoms with Gasteiger partial charge >= 0.3 is 0 Å². The first-order chi connectivity index (χ1) is 9.96. The second-order valence-electron chi connectivity index (χ2n) is 4.08. The Morgan fingerprint density at radius 1 is 1.24 bits per heavy atom. The topological polar surface area (TPSA) is 80.3 Å². The first kappa shape index (κ1) is 15.6. The first-order valence-electron chi connectivity index (χ1n) is 5.96. The van der Waals surface area contributed by atoms with Crippen LogP contribution in [0.2, 0.25) is 0 Å². The van der Waals surface area contributed by atoms with Crippen LogP contribution >= 0.6 is 15.9 Å². The highest BCUT2D eigenvalue weighted by Gasteiger charge is 2.17. The minimum Gasteiger partial charge on any atom is -0.495 e. The third kappa shape index (κ3) is 3.64. The summed E-state index contributed by atoms with van der Waals surface area (Å²) in [5, 5.41) is 2.80. The van der Waals surface area contributed by atoms with E-state index in [1.165, 1.54) is 25.4 Å². The highest BCUT2D eigenvalue weighted by Crippen LogP contribution is 2.30.